The average molecular weight is 266 g/mol. The van der Waals surface area contributed by atoms with Crippen LogP contribution in [0.4, 0.5) is 11.4 Å². The molecule has 2 rings (SSSR count). The molecule has 1 aromatic heterocycles. The summed E-state index contributed by atoms with van der Waals surface area (Å²) < 4.78 is 0.804. The molecule has 0 saturated carbocycles. The quantitative estimate of drug-likeness (QED) is 0.654. The molecule has 0 saturated heterocycles. The summed E-state index contributed by atoms with van der Waals surface area (Å²) in [5, 5.41) is 14.3. The average Bonchev–Trinajstić information content (AvgIpc) is 2.75. The number of rotatable bonds is 4. The molecule has 7 heteroatoms. The Bertz CT molecular complexity index is 594. The van der Waals surface area contributed by atoms with Gasteiger partial charge in [-0.2, -0.15) is 0 Å². The van der Waals surface area contributed by atoms with Crippen molar-refractivity contribution in [3.8, 4) is 0 Å². The maximum Gasteiger partial charge on any atom is 0.319 e. The Morgan fingerprint density at radius 3 is 2.89 bits per heavy atom. The molecule has 0 aliphatic rings. The van der Waals surface area contributed by atoms with Gasteiger partial charge in [-0.3, -0.25) is 10.1 Å². The lowest BCUT2D eigenvalue weighted by Gasteiger charge is -2.25. The van der Waals surface area contributed by atoms with E-state index in [4.69, 9.17) is 5.73 Å². The van der Waals surface area contributed by atoms with E-state index in [0.717, 1.165) is 4.70 Å². The standard InChI is InChI=1S/C11H14N4O2S/c1-11(2,5-12)14-7-3-4-8-9(13-6-18-8)10(7)15(16)17/h3-4,6,14H,5,12H2,1-2H3. The summed E-state index contributed by atoms with van der Waals surface area (Å²) >= 11 is 1.38. The molecule has 0 aliphatic carbocycles. The Kier molecular flexibility index (Phi) is 3.18. The third-order valence-electron chi connectivity index (χ3n) is 2.64. The molecule has 0 atom stereocenters. The number of aromatic nitrogens is 1. The Balaban J connectivity index is 2.56. The van der Waals surface area contributed by atoms with Crippen LogP contribution >= 0.6 is 11.3 Å². The van der Waals surface area contributed by atoms with Crippen LogP contribution in [0.3, 0.4) is 0 Å². The first-order valence-electron chi connectivity index (χ1n) is 5.43. The maximum absolute atomic E-state index is 11.2. The molecule has 2 aromatic rings. The molecule has 0 amide bonds. The zero-order valence-corrected chi connectivity index (χ0v) is 11.0. The molecular weight excluding hydrogens is 252 g/mol. The molecular formula is C11H14N4O2S. The molecule has 3 N–H and O–H groups in total. The highest BCUT2D eigenvalue weighted by Crippen LogP contribution is 2.35. The number of nitrogens with one attached hydrogen (secondary N) is 1. The lowest BCUT2D eigenvalue weighted by atomic mass is 10.1. The van der Waals surface area contributed by atoms with Crippen molar-refractivity contribution >= 4 is 32.9 Å². The van der Waals surface area contributed by atoms with Crippen molar-refractivity contribution in [1.29, 1.82) is 0 Å². The van der Waals surface area contributed by atoms with Gasteiger partial charge in [-0.05, 0) is 26.0 Å². The van der Waals surface area contributed by atoms with Crippen LogP contribution in [-0.4, -0.2) is 22.0 Å². The fraction of sp³-hybridized carbons (Fsp3) is 0.364. The molecule has 1 aromatic carbocycles. The minimum absolute atomic E-state index is 0.00951. The van der Waals surface area contributed by atoms with Crippen LogP contribution in [0.25, 0.3) is 10.2 Å². The van der Waals surface area contributed by atoms with E-state index in [2.05, 4.69) is 10.3 Å². The molecule has 0 unspecified atom stereocenters. The van der Waals surface area contributed by atoms with Crippen molar-refractivity contribution in [1.82, 2.24) is 4.98 Å². The van der Waals surface area contributed by atoms with Gasteiger partial charge in [0, 0.05) is 12.1 Å². The Morgan fingerprint density at radius 1 is 1.56 bits per heavy atom. The predicted molar refractivity (Wildman–Crippen MR) is 73.0 cm³/mol. The number of anilines is 1. The number of nitro groups is 1. The fourth-order valence-electron chi connectivity index (χ4n) is 1.62. The van der Waals surface area contributed by atoms with Gasteiger partial charge in [0.15, 0.2) is 5.52 Å². The van der Waals surface area contributed by atoms with Gasteiger partial charge >= 0.3 is 5.69 Å². The third-order valence-corrected chi connectivity index (χ3v) is 3.44. The molecule has 0 bridgehead atoms. The molecule has 18 heavy (non-hydrogen) atoms. The van der Waals surface area contributed by atoms with Gasteiger partial charge in [0.25, 0.3) is 0 Å². The maximum atomic E-state index is 11.2. The van der Waals surface area contributed by atoms with Gasteiger partial charge in [0.2, 0.25) is 0 Å². The lowest BCUT2D eigenvalue weighted by Crippen LogP contribution is -2.39. The SMILES string of the molecule is CC(C)(CN)Nc1ccc2scnc2c1[N+](=O)[O-]. The van der Waals surface area contributed by atoms with Gasteiger partial charge in [-0.1, -0.05) is 0 Å². The second-order valence-corrected chi connectivity index (χ2v) is 5.52. The highest BCUT2D eigenvalue weighted by molar-refractivity contribution is 7.16. The van der Waals surface area contributed by atoms with Gasteiger partial charge in [0.05, 0.1) is 15.1 Å². The summed E-state index contributed by atoms with van der Waals surface area (Å²) in [4.78, 5) is 14.9. The van der Waals surface area contributed by atoms with Crippen molar-refractivity contribution in [3.63, 3.8) is 0 Å². The third kappa shape index (κ3) is 2.27. The number of hydrogen-bond donors (Lipinski definition) is 2. The Hall–Kier alpha value is -1.73. The number of thiazole rings is 1. The van der Waals surface area contributed by atoms with E-state index < -0.39 is 10.5 Å². The van der Waals surface area contributed by atoms with E-state index in [-0.39, 0.29) is 5.69 Å². The molecule has 6 nitrogen and oxygen atoms in total. The van der Waals surface area contributed by atoms with Crippen LogP contribution in [0, 0.1) is 10.1 Å². The Morgan fingerprint density at radius 2 is 2.28 bits per heavy atom. The molecule has 0 fully saturated rings. The number of nitrogens with two attached hydrogens (primary N) is 1. The van der Waals surface area contributed by atoms with Crippen LogP contribution in [0.5, 0.6) is 0 Å². The first kappa shape index (κ1) is 12.7. The zero-order valence-electron chi connectivity index (χ0n) is 10.1. The smallest absolute Gasteiger partial charge is 0.319 e. The molecule has 0 radical (unpaired) electrons. The van der Waals surface area contributed by atoms with Crippen LogP contribution in [-0.2, 0) is 0 Å². The van der Waals surface area contributed by atoms with Gasteiger partial charge < -0.3 is 11.1 Å². The van der Waals surface area contributed by atoms with E-state index in [0.29, 0.717) is 17.7 Å². The molecule has 96 valence electrons. The van der Waals surface area contributed by atoms with Gasteiger partial charge in [-0.15, -0.1) is 11.3 Å². The van der Waals surface area contributed by atoms with Gasteiger partial charge in [0.1, 0.15) is 5.69 Å². The summed E-state index contributed by atoms with van der Waals surface area (Å²) in [7, 11) is 0. The number of benzene rings is 1. The number of nitrogens with zero attached hydrogens (tertiary/aromatic N) is 2. The number of nitro benzene ring substituents is 1. The summed E-state index contributed by atoms with van der Waals surface area (Å²) in [6, 6.07) is 3.53. The topological polar surface area (TPSA) is 94.1 Å². The summed E-state index contributed by atoms with van der Waals surface area (Å²) in [5.41, 5.74) is 7.71. The highest BCUT2D eigenvalue weighted by Gasteiger charge is 2.24. The first-order chi connectivity index (χ1) is 8.44. The van der Waals surface area contributed by atoms with E-state index in [1.54, 1.807) is 11.6 Å². The Labute approximate surface area is 108 Å². The van der Waals surface area contributed by atoms with Crippen LogP contribution in [0.1, 0.15) is 13.8 Å². The van der Waals surface area contributed by atoms with Crippen LogP contribution < -0.4 is 11.1 Å². The first-order valence-corrected chi connectivity index (χ1v) is 6.31. The minimum atomic E-state index is -0.408. The minimum Gasteiger partial charge on any atom is -0.373 e. The second kappa shape index (κ2) is 4.51. The molecule has 0 spiro atoms. The molecule has 0 aliphatic heterocycles. The number of hydrogen-bond acceptors (Lipinski definition) is 6. The second-order valence-electron chi connectivity index (χ2n) is 4.63. The largest absolute Gasteiger partial charge is 0.373 e. The zero-order chi connectivity index (χ0) is 13.3. The lowest BCUT2D eigenvalue weighted by molar-refractivity contribution is -0.382. The van der Waals surface area contributed by atoms with E-state index in [1.165, 1.54) is 11.3 Å². The van der Waals surface area contributed by atoms with Crippen molar-refractivity contribution in [2.24, 2.45) is 5.73 Å². The van der Waals surface area contributed by atoms with E-state index in [1.807, 2.05) is 19.9 Å². The van der Waals surface area contributed by atoms with Crippen LogP contribution in [0.2, 0.25) is 0 Å². The number of fused-ring (bicyclic) bond motifs is 1. The van der Waals surface area contributed by atoms with Gasteiger partial charge in [-0.25, -0.2) is 4.98 Å². The normalized spacial score (nSPS) is 11.7. The summed E-state index contributed by atoms with van der Waals surface area (Å²) in [6.45, 7) is 4.16. The van der Waals surface area contributed by atoms with E-state index in [9.17, 15) is 10.1 Å². The van der Waals surface area contributed by atoms with Crippen molar-refractivity contribution in [2.75, 3.05) is 11.9 Å². The van der Waals surface area contributed by atoms with Crippen molar-refractivity contribution < 1.29 is 4.92 Å². The monoisotopic (exact) mass is 266 g/mol. The summed E-state index contributed by atoms with van der Waals surface area (Å²) in [5.74, 6) is 0. The predicted octanol–water partition coefficient (Wildman–Crippen LogP) is 2.35. The van der Waals surface area contributed by atoms with Crippen molar-refractivity contribution in [2.45, 2.75) is 19.4 Å². The highest BCUT2D eigenvalue weighted by atomic mass is 32.1. The van der Waals surface area contributed by atoms with Crippen molar-refractivity contribution in [3.05, 3.63) is 27.8 Å². The fourth-order valence-corrected chi connectivity index (χ4v) is 2.30. The summed E-state index contributed by atoms with van der Waals surface area (Å²) in [6.07, 6.45) is 0. The van der Waals surface area contributed by atoms with Crippen LogP contribution in [0.15, 0.2) is 17.6 Å². The molecule has 1 heterocycles. The van der Waals surface area contributed by atoms with E-state index >= 15 is 0 Å².